The lowest BCUT2D eigenvalue weighted by atomic mass is 10.1. The molecule has 0 bridgehead atoms. The van der Waals surface area contributed by atoms with Crippen LogP contribution in [-0.2, 0) is 9.47 Å². The standard InChI is InChI=1S/C16H23N5O4S/c17-14-11-15(19-8-18-14)21(9-20-11)16-12(23)13(10(7-22)25-16)24-5-3-1-2-4-6-26/h6,8-10,12-13,16,22-23H,1-5,7H2,(H2,17,18,19)/t10-,12-,13-,16-/m1/s1. The van der Waals surface area contributed by atoms with E-state index < -0.39 is 24.5 Å². The third-order valence-electron chi connectivity index (χ3n) is 4.43. The number of aliphatic hydroxyl groups excluding tert-OH is 2. The van der Waals surface area contributed by atoms with E-state index >= 15 is 0 Å². The molecule has 4 N–H and O–H groups in total. The van der Waals surface area contributed by atoms with Gasteiger partial charge in [0.1, 0.15) is 30.2 Å². The van der Waals surface area contributed by atoms with Crippen molar-refractivity contribution in [2.75, 3.05) is 18.9 Å². The van der Waals surface area contributed by atoms with Crippen LogP contribution in [0.1, 0.15) is 31.9 Å². The first-order chi connectivity index (χ1) is 12.7. The molecule has 0 radical (unpaired) electrons. The van der Waals surface area contributed by atoms with Gasteiger partial charge < -0.3 is 25.4 Å². The fourth-order valence-corrected chi connectivity index (χ4v) is 3.25. The third-order valence-corrected chi connectivity index (χ3v) is 4.66. The summed E-state index contributed by atoms with van der Waals surface area (Å²) < 4.78 is 13.2. The van der Waals surface area contributed by atoms with E-state index in [0.717, 1.165) is 25.7 Å². The van der Waals surface area contributed by atoms with Crippen LogP contribution in [0.15, 0.2) is 12.7 Å². The molecule has 0 saturated carbocycles. The van der Waals surface area contributed by atoms with Gasteiger partial charge in [-0.1, -0.05) is 18.6 Å². The van der Waals surface area contributed by atoms with Crippen molar-refractivity contribution in [3.05, 3.63) is 12.7 Å². The molecule has 1 aliphatic heterocycles. The molecule has 2 aromatic rings. The van der Waals surface area contributed by atoms with Crippen molar-refractivity contribution in [2.24, 2.45) is 0 Å². The van der Waals surface area contributed by atoms with Gasteiger partial charge in [0.2, 0.25) is 0 Å². The number of aromatic nitrogens is 4. The van der Waals surface area contributed by atoms with E-state index in [-0.39, 0.29) is 12.4 Å². The van der Waals surface area contributed by atoms with Gasteiger partial charge in [0, 0.05) is 6.61 Å². The van der Waals surface area contributed by atoms with Gasteiger partial charge >= 0.3 is 0 Å². The summed E-state index contributed by atoms with van der Waals surface area (Å²) in [4.78, 5) is 12.2. The SMILES string of the molecule is Nc1ncnc2c1ncn2[C@@H]1O[C@H](CO)[C@@H](OCCCCCC=S)[C@H]1O. The van der Waals surface area contributed by atoms with E-state index in [1.807, 2.05) is 0 Å². The van der Waals surface area contributed by atoms with Crippen LogP contribution >= 0.6 is 12.2 Å². The van der Waals surface area contributed by atoms with Crippen molar-refractivity contribution >= 4 is 34.6 Å². The second-order valence-corrected chi connectivity index (χ2v) is 6.51. The Labute approximate surface area is 156 Å². The average Bonchev–Trinajstić information content (AvgIpc) is 3.20. The molecule has 0 aliphatic carbocycles. The number of unbranched alkanes of at least 4 members (excludes halogenated alkanes) is 3. The topological polar surface area (TPSA) is 129 Å². The van der Waals surface area contributed by atoms with Gasteiger partial charge in [-0.2, -0.15) is 0 Å². The van der Waals surface area contributed by atoms with Crippen LogP contribution in [0.2, 0.25) is 0 Å². The van der Waals surface area contributed by atoms with Gasteiger partial charge in [-0.15, -0.1) is 0 Å². The van der Waals surface area contributed by atoms with E-state index in [1.54, 1.807) is 9.93 Å². The Hall–Kier alpha value is -1.72. The number of nitrogens with zero attached hydrogens (tertiary/aromatic N) is 4. The number of imidazole rings is 1. The summed E-state index contributed by atoms with van der Waals surface area (Å²) in [5.41, 5.74) is 6.69. The Bertz CT molecular complexity index is 742. The number of aliphatic hydroxyl groups is 2. The highest BCUT2D eigenvalue weighted by molar-refractivity contribution is 7.78. The quantitative estimate of drug-likeness (QED) is 0.422. The van der Waals surface area contributed by atoms with Crippen molar-refractivity contribution < 1.29 is 19.7 Å². The number of rotatable bonds is 9. The van der Waals surface area contributed by atoms with Crippen LogP contribution in [0.25, 0.3) is 11.2 Å². The summed E-state index contributed by atoms with van der Waals surface area (Å²) in [5.74, 6) is 0.254. The number of anilines is 1. The van der Waals surface area contributed by atoms with E-state index in [0.29, 0.717) is 17.8 Å². The largest absolute Gasteiger partial charge is 0.394 e. The fourth-order valence-electron chi connectivity index (χ4n) is 3.08. The van der Waals surface area contributed by atoms with Gasteiger partial charge in [0.15, 0.2) is 17.7 Å². The summed E-state index contributed by atoms with van der Waals surface area (Å²) >= 11 is 4.80. The number of hydrogen-bond donors (Lipinski definition) is 3. The summed E-state index contributed by atoms with van der Waals surface area (Å²) in [6.07, 6.45) is 3.59. The van der Waals surface area contributed by atoms with Crippen molar-refractivity contribution in [1.29, 1.82) is 0 Å². The molecule has 9 nitrogen and oxygen atoms in total. The predicted molar refractivity (Wildman–Crippen MR) is 98.6 cm³/mol. The van der Waals surface area contributed by atoms with Crippen molar-refractivity contribution in [3.63, 3.8) is 0 Å². The van der Waals surface area contributed by atoms with E-state index in [1.165, 1.54) is 12.7 Å². The number of fused-ring (bicyclic) bond motifs is 1. The number of ether oxygens (including phenoxy) is 2. The molecule has 142 valence electrons. The summed E-state index contributed by atoms with van der Waals surface area (Å²) in [7, 11) is 0. The third kappa shape index (κ3) is 3.84. The lowest BCUT2D eigenvalue weighted by Gasteiger charge is -2.20. The van der Waals surface area contributed by atoms with Crippen LogP contribution in [0.3, 0.4) is 0 Å². The van der Waals surface area contributed by atoms with Gasteiger partial charge in [-0.25, -0.2) is 15.0 Å². The summed E-state index contributed by atoms with van der Waals surface area (Å²) in [6, 6.07) is 0. The number of hydrogen-bond acceptors (Lipinski definition) is 9. The van der Waals surface area contributed by atoms with Crippen molar-refractivity contribution in [1.82, 2.24) is 19.5 Å². The highest BCUT2D eigenvalue weighted by atomic mass is 32.1. The zero-order chi connectivity index (χ0) is 18.5. The van der Waals surface area contributed by atoms with Gasteiger partial charge in [0.25, 0.3) is 0 Å². The minimum absolute atomic E-state index is 0.254. The molecule has 0 spiro atoms. The highest BCUT2D eigenvalue weighted by Crippen LogP contribution is 2.33. The summed E-state index contributed by atoms with van der Waals surface area (Å²) in [5, 5.41) is 22.0. The molecule has 0 aromatic carbocycles. The average molecular weight is 381 g/mol. The normalized spacial score (nSPS) is 25.8. The first-order valence-corrected chi connectivity index (χ1v) is 9.07. The maximum Gasteiger partial charge on any atom is 0.167 e. The maximum absolute atomic E-state index is 10.7. The fraction of sp³-hybridized carbons (Fsp3) is 0.625. The molecule has 0 unspecified atom stereocenters. The van der Waals surface area contributed by atoms with Crippen LogP contribution < -0.4 is 5.73 Å². The maximum atomic E-state index is 10.7. The minimum atomic E-state index is -0.971. The molecular weight excluding hydrogens is 358 g/mol. The van der Waals surface area contributed by atoms with Crippen LogP contribution in [0.5, 0.6) is 0 Å². The van der Waals surface area contributed by atoms with E-state index in [9.17, 15) is 10.2 Å². The zero-order valence-corrected chi connectivity index (χ0v) is 15.1. The lowest BCUT2D eigenvalue weighted by Crippen LogP contribution is -2.36. The first kappa shape index (κ1) is 19.1. The molecule has 3 rings (SSSR count). The number of thiocarbonyl (C=S) groups is 1. The summed E-state index contributed by atoms with van der Waals surface area (Å²) in [6.45, 7) is 0.221. The van der Waals surface area contributed by atoms with Crippen LogP contribution in [-0.4, -0.2) is 66.6 Å². The molecule has 1 fully saturated rings. The van der Waals surface area contributed by atoms with E-state index in [2.05, 4.69) is 15.0 Å². The van der Waals surface area contributed by atoms with Crippen LogP contribution in [0.4, 0.5) is 5.82 Å². The molecule has 26 heavy (non-hydrogen) atoms. The lowest BCUT2D eigenvalue weighted by molar-refractivity contribution is -0.0609. The Balaban J connectivity index is 1.68. The number of nitrogens with two attached hydrogens (primary N) is 1. The van der Waals surface area contributed by atoms with Gasteiger partial charge in [0.05, 0.1) is 12.9 Å². The molecule has 3 heterocycles. The first-order valence-electron chi connectivity index (χ1n) is 8.60. The van der Waals surface area contributed by atoms with Gasteiger partial charge in [-0.3, -0.25) is 4.57 Å². The molecule has 1 saturated heterocycles. The second-order valence-electron chi connectivity index (χ2n) is 6.17. The molecule has 2 aromatic heterocycles. The monoisotopic (exact) mass is 381 g/mol. The van der Waals surface area contributed by atoms with E-state index in [4.69, 9.17) is 27.4 Å². The Kier molecular flexibility index (Phi) is 6.43. The predicted octanol–water partition coefficient (Wildman–Crippen LogP) is 0.604. The zero-order valence-electron chi connectivity index (χ0n) is 14.3. The molecule has 4 atom stereocenters. The van der Waals surface area contributed by atoms with Crippen molar-refractivity contribution in [3.8, 4) is 0 Å². The molecule has 1 aliphatic rings. The Morgan fingerprint density at radius 2 is 2.15 bits per heavy atom. The van der Waals surface area contributed by atoms with Crippen molar-refractivity contribution in [2.45, 2.75) is 50.2 Å². The minimum Gasteiger partial charge on any atom is -0.394 e. The molecule has 10 heteroatoms. The second kappa shape index (κ2) is 8.78. The molecular formula is C16H23N5O4S. The van der Waals surface area contributed by atoms with Crippen LogP contribution in [0, 0.1) is 0 Å². The smallest absolute Gasteiger partial charge is 0.167 e. The molecule has 0 amide bonds. The highest BCUT2D eigenvalue weighted by Gasteiger charge is 2.45. The van der Waals surface area contributed by atoms with Gasteiger partial charge in [-0.05, 0) is 24.6 Å². The Morgan fingerprint density at radius 3 is 2.92 bits per heavy atom. The number of nitrogen functional groups attached to an aromatic ring is 1. The Morgan fingerprint density at radius 1 is 1.31 bits per heavy atom.